The van der Waals surface area contributed by atoms with Crippen LogP contribution in [0.4, 0.5) is 0 Å². The Hall–Kier alpha value is -0.120. The van der Waals surface area contributed by atoms with Gasteiger partial charge in [-0.1, -0.05) is 6.92 Å². The van der Waals surface area contributed by atoms with Crippen molar-refractivity contribution in [2.24, 2.45) is 5.92 Å². The Labute approximate surface area is 67.0 Å². The molecule has 1 fully saturated rings. The van der Waals surface area contributed by atoms with Crippen LogP contribution < -0.4 is 0 Å². The molecular formula is C8H16O3. The van der Waals surface area contributed by atoms with Crippen LogP contribution in [0.1, 0.15) is 20.8 Å². The topological polar surface area (TPSA) is 49.7 Å². The van der Waals surface area contributed by atoms with Gasteiger partial charge in [0.15, 0.2) is 0 Å². The zero-order valence-electron chi connectivity index (χ0n) is 7.19. The molecule has 0 aromatic carbocycles. The van der Waals surface area contributed by atoms with Gasteiger partial charge in [0.1, 0.15) is 6.10 Å². The highest BCUT2D eigenvalue weighted by Gasteiger charge is 2.37. The molecular weight excluding hydrogens is 144 g/mol. The van der Waals surface area contributed by atoms with E-state index in [-0.39, 0.29) is 18.1 Å². The van der Waals surface area contributed by atoms with E-state index in [1.54, 1.807) is 6.92 Å². The summed E-state index contributed by atoms with van der Waals surface area (Å²) in [5.41, 5.74) is 0. The number of hydrogen-bond acceptors (Lipinski definition) is 3. The van der Waals surface area contributed by atoms with E-state index in [1.165, 1.54) is 0 Å². The highest BCUT2D eigenvalue weighted by Crippen LogP contribution is 2.24. The van der Waals surface area contributed by atoms with Gasteiger partial charge < -0.3 is 14.9 Å². The van der Waals surface area contributed by atoms with Gasteiger partial charge >= 0.3 is 0 Å². The third kappa shape index (κ3) is 1.55. The summed E-state index contributed by atoms with van der Waals surface area (Å²) < 4.78 is 5.37. The van der Waals surface area contributed by atoms with E-state index < -0.39 is 12.2 Å². The third-order valence-corrected chi connectivity index (χ3v) is 2.54. The van der Waals surface area contributed by atoms with Crippen LogP contribution in [0.3, 0.4) is 0 Å². The van der Waals surface area contributed by atoms with E-state index in [4.69, 9.17) is 4.74 Å². The van der Waals surface area contributed by atoms with Gasteiger partial charge in [0, 0.05) is 5.92 Å². The monoisotopic (exact) mass is 160 g/mol. The van der Waals surface area contributed by atoms with Gasteiger partial charge in [0.25, 0.3) is 0 Å². The summed E-state index contributed by atoms with van der Waals surface area (Å²) in [5.74, 6) is 0.0150. The lowest BCUT2D eigenvalue weighted by molar-refractivity contribution is -0.184. The average molecular weight is 160 g/mol. The zero-order chi connectivity index (χ0) is 8.59. The van der Waals surface area contributed by atoms with E-state index in [0.29, 0.717) is 0 Å². The van der Waals surface area contributed by atoms with Crippen molar-refractivity contribution in [2.75, 3.05) is 0 Å². The van der Waals surface area contributed by atoms with E-state index >= 15 is 0 Å². The minimum Gasteiger partial charge on any atom is -0.390 e. The fourth-order valence-corrected chi connectivity index (χ4v) is 1.41. The van der Waals surface area contributed by atoms with Crippen molar-refractivity contribution in [3.63, 3.8) is 0 Å². The maximum absolute atomic E-state index is 9.46. The second kappa shape index (κ2) is 3.09. The van der Waals surface area contributed by atoms with Crippen molar-refractivity contribution in [2.45, 2.75) is 45.2 Å². The Kier molecular flexibility index (Phi) is 2.52. The molecule has 0 aromatic rings. The summed E-state index contributed by atoms with van der Waals surface area (Å²) in [6.45, 7) is 5.57. The highest BCUT2D eigenvalue weighted by molar-refractivity contribution is 4.86. The lowest BCUT2D eigenvalue weighted by Gasteiger charge is -2.38. The standard InChI is InChI=1S/C8H16O3/c1-4-5(2)11-6(3)8(10)7(4)9/h4-10H,1-3H3/t4-,5?,6?,7-,8-/m0/s1. The molecule has 0 saturated carbocycles. The minimum absolute atomic E-state index is 0.0150. The molecule has 3 heteroatoms. The first-order valence-electron chi connectivity index (χ1n) is 4.05. The average Bonchev–Trinajstić information content (AvgIpc) is 1.97. The van der Waals surface area contributed by atoms with Crippen molar-refractivity contribution in [3.05, 3.63) is 0 Å². The Morgan fingerprint density at radius 2 is 1.45 bits per heavy atom. The van der Waals surface area contributed by atoms with Crippen LogP contribution in [0.2, 0.25) is 0 Å². The lowest BCUT2D eigenvalue weighted by atomic mass is 9.89. The van der Waals surface area contributed by atoms with Gasteiger partial charge in [0.2, 0.25) is 0 Å². The normalized spacial score (nSPS) is 52.6. The molecule has 11 heavy (non-hydrogen) atoms. The second-order valence-corrected chi connectivity index (χ2v) is 3.39. The van der Waals surface area contributed by atoms with Crippen LogP contribution in [0.25, 0.3) is 0 Å². The van der Waals surface area contributed by atoms with Gasteiger partial charge in [-0.15, -0.1) is 0 Å². The minimum atomic E-state index is -0.735. The van der Waals surface area contributed by atoms with E-state index in [1.807, 2.05) is 13.8 Å². The van der Waals surface area contributed by atoms with Crippen molar-refractivity contribution in [1.82, 2.24) is 0 Å². The molecule has 66 valence electrons. The van der Waals surface area contributed by atoms with Crippen molar-refractivity contribution >= 4 is 0 Å². The summed E-state index contributed by atoms with van der Waals surface area (Å²) >= 11 is 0. The molecule has 1 aliphatic heterocycles. The second-order valence-electron chi connectivity index (χ2n) is 3.39. The summed E-state index contributed by atoms with van der Waals surface area (Å²) in [6.07, 6.45) is -1.60. The van der Waals surface area contributed by atoms with E-state index in [9.17, 15) is 10.2 Å². The van der Waals surface area contributed by atoms with Crippen LogP contribution in [0, 0.1) is 5.92 Å². The van der Waals surface area contributed by atoms with Crippen molar-refractivity contribution < 1.29 is 14.9 Å². The molecule has 0 aliphatic carbocycles. The number of hydrogen-bond donors (Lipinski definition) is 2. The third-order valence-electron chi connectivity index (χ3n) is 2.54. The van der Waals surface area contributed by atoms with Gasteiger partial charge in [-0.05, 0) is 13.8 Å². The van der Waals surface area contributed by atoms with Gasteiger partial charge in [-0.2, -0.15) is 0 Å². The van der Waals surface area contributed by atoms with Crippen LogP contribution in [0.5, 0.6) is 0 Å². The summed E-state index contributed by atoms with van der Waals surface area (Å²) in [4.78, 5) is 0. The SMILES string of the molecule is CC1OC(C)[C@H](O)[C@@H](O)[C@H]1C. The predicted octanol–water partition coefficient (Wildman–Crippen LogP) is 0.151. The maximum atomic E-state index is 9.46. The first-order valence-corrected chi connectivity index (χ1v) is 4.05. The predicted molar refractivity (Wildman–Crippen MR) is 41.2 cm³/mol. The molecule has 0 radical (unpaired) electrons. The highest BCUT2D eigenvalue weighted by atomic mass is 16.5. The number of aliphatic hydroxyl groups excluding tert-OH is 2. The Morgan fingerprint density at radius 3 is 2.00 bits per heavy atom. The molecule has 3 nitrogen and oxygen atoms in total. The van der Waals surface area contributed by atoms with Gasteiger partial charge in [-0.3, -0.25) is 0 Å². The summed E-state index contributed by atoms with van der Waals surface area (Å²) in [6, 6.07) is 0. The molecule has 0 spiro atoms. The lowest BCUT2D eigenvalue weighted by Crippen LogP contribution is -2.51. The zero-order valence-corrected chi connectivity index (χ0v) is 7.19. The molecule has 0 aromatic heterocycles. The summed E-state index contributed by atoms with van der Waals surface area (Å²) in [7, 11) is 0. The maximum Gasteiger partial charge on any atom is 0.106 e. The van der Waals surface area contributed by atoms with Crippen LogP contribution in [-0.2, 0) is 4.74 Å². The van der Waals surface area contributed by atoms with Crippen LogP contribution >= 0.6 is 0 Å². The Bertz CT molecular complexity index is 123. The molecule has 2 N–H and O–H groups in total. The molecule has 0 amide bonds. The Balaban J connectivity index is 2.63. The molecule has 0 bridgehead atoms. The van der Waals surface area contributed by atoms with Crippen LogP contribution in [-0.4, -0.2) is 34.6 Å². The first-order chi connectivity index (χ1) is 5.04. The first kappa shape index (κ1) is 8.97. The molecule has 1 rings (SSSR count). The van der Waals surface area contributed by atoms with Crippen molar-refractivity contribution in [1.29, 1.82) is 0 Å². The van der Waals surface area contributed by atoms with Crippen molar-refractivity contribution in [3.8, 4) is 0 Å². The van der Waals surface area contributed by atoms with E-state index in [2.05, 4.69) is 0 Å². The Morgan fingerprint density at radius 1 is 0.909 bits per heavy atom. The van der Waals surface area contributed by atoms with Gasteiger partial charge in [0.05, 0.1) is 18.3 Å². The summed E-state index contributed by atoms with van der Waals surface area (Å²) in [5, 5.41) is 18.8. The van der Waals surface area contributed by atoms with Crippen LogP contribution in [0.15, 0.2) is 0 Å². The fourth-order valence-electron chi connectivity index (χ4n) is 1.41. The molecule has 1 saturated heterocycles. The quantitative estimate of drug-likeness (QED) is 0.530. The fraction of sp³-hybridized carbons (Fsp3) is 1.00. The van der Waals surface area contributed by atoms with Gasteiger partial charge in [-0.25, -0.2) is 0 Å². The van der Waals surface area contributed by atoms with E-state index in [0.717, 1.165) is 0 Å². The molecule has 2 unspecified atom stereocenters. The number of aliphatic hydroxyl groups is 2. The largest absolute Gasteiger partial charge is 0.390 e. The molecule has 1 heterocycles. The number of ether oxygens (including phenoxy) is 1. The smallest absolute Gasteiger partial charge is 0.106 e. The number of rotatable bonds is 0. The molecule has 5 atom stereocenters. The molecule has 1 aliphatic rings.